The Morgan fingerprint density at radius 3 is 2.71 bits per heavy atom. The molecule has 0 saturated carbocycles. The highest BCUT2D eigenvalue weighted by Crippen LogP contribution is 2.24. The Morgan fingerprint density at radius 1 is 1.43 bits per heavy atom. The van der Waals surface area contributed by atoms with Gasteiger partial charge < -0.3 is 14.6 Å². The minimum atomic E-state index is 0.267. The van der Waals surface area contributed by atoms with Gasteiger partial charge in [-0.15, -0.1) is 0 Å². The van der Waals surface area contributed by atoms with Gasteiger partial charge in [-0.2, -0.15) is 0 Å². The van der Waals surface area contributed by atoms with Gasteiger partial charge in [0.2, 0.25) is 0 Å². The number of anilines is 1. The third-order valence-electron chi connectivity index (χ3n) is 2.74. The van der Waals surface area contributed by atoms with Crippen molar-refractivity contribution in [3.8, 4) is 0 Å². The average Bonchev–Trinajstić information content (AvgIpc) is 2.67. The van der Waals surface area contributed by atoms with Gasteiger partial charge in [-0.05, 0) is 27.2 Å². The molecule has 2 atom stereocenters. The molecule has 1 aromatic heterocycles. The van der Waals surface area contributed by atoms with Crippen LogP contribution < -0.4 is 5.32 Å². The SMILES string of the molecule is Cc1noc(C)c1NC1CCOC1C. The summed E-state index contributed by atoms with van der Waals surface area (Å²) in [5.41, 5.74) is 1.94. The number of aryl methyl sites for hydroxylation is 2. The molecule has 0 aromatic carbocycles. The highest BCUT2D eigenvalue weighted by atomic mass is 16.5. The zero-order valence-electron chi connectivity index (χ0n) is 8.83. The van der Waals surface area contributed by atoms with Gasteiger partial charge in [0.15, 0.2) is 5.76 Å². The van der Waals surface area contributed by atoms with Gasteiger partial charge in [-0.3, -0.25) is 0 Å². The molecule has 4 nitrogen and oxygen atoms in total. The summed E-state index contributed by atoms with van der Waals surface area (Å²) in [5, 5.41) is 7.33. The molecular weight excluding hydrogens is 180 g/mol. The molecular formula is C10H16N2O2. The summed E-state index contributed by atoms with van der Waals surface area (Å²) in [5.74, 6) is 0.849. The van der Waals surface area contributed by atoms with Crippen LogP contribution in [-0.4, -0.2) is 23.9 Å². The van der Waals surface area contributed by atoms with E-state index in [0.29, 0.717) is 6.04 Å². The Kier molecular flexibility index (Phi) is 2.46. The monoisotopic (exact) mass is 196 g/mol. The summed E-state index contributed by atoms with van der Waals surface area (Å²) in [6.45, 7) is 6.78. The summed E-state index contributed by atoms with van der Waals surface area (Å²) < 4.78 is 10.6. The molecule has 0 bridgehead atoms. The third kappa shape index (κ3) is 1.62. The van der Waals surface area contributed by atoms with Crippen LogP contribution in [0.25, 0.3) is 0 Å². The Morgan fingerprint density at radius 2 is 2.21 bits per heavy atom. The van der Waals surface area contributed by atoms with Crippen molar-refractivity contribution in [2.75, 3.05) is 11.9 Å². The summed E-state index contributed by atoms with van der Waals surface area (Å²) >= 11 is 0. The molecule has 0 radical (unpaired) electrons. The Hall–Kier alpha value is -1.03. The zero-order chi connectivity index (χ0) is 10.1. The first kappa shape index (κ1) is 9.52. The number of rotatable bonds is 2. The zero-order valence-corrected chi connectivity index (χ0v) is 8.83. The largest absolute Gasteiger partial charge is 0.376 e. The van der Waals surface area contributed by atoms with Crippen LogP contribution in [0.15, 0.2) is 4.52 Å². The number of nitrogens with zero attached hydrogens (tertiary/aromatic N) is 1. The maximum Gasteiger partial charge on any atom is 0.157 e. The predicted molar refractivity (Wildman–Crippen MR) is 53.4 cm³/mol. The number of hydrogen-bond acceptors (Lipinski definition) is 4. The third-order valence-corrected chi connectivity index (χ3v) is 2.74. The minimum absolute atomic E-state index is 0.267. The van der Waals surface area contributed by atoms with Crippen molar-refractivity contribution in [3.63, 3.8) is 0 Å². The first-order valence-electron chi connectivity index (χ1n) is 4.99. The normalized spacial score (nSPS) is 26.8. The van der Waals surface area contributed by atoms with Crippen molar-refractivity contribution >= 4 is 5.69 Å². The lowest BCUT2D eigenvalue weighted by Gasteiger charge is -2.16. The Labute approximate surface area is 83.6 Å². The summed E-state index contributed by atoms with van der Waals surface area (Å²) in [6.07, 6.45) is 1.31. The molecule has 78 valence electrons. The maximum atomic E-state index is 5.48. The standard InChI is InChI=1S/C10H16N2O2/c1-6-10(8(3)14-12-6)11-9-4-5-13-7(9)2/h7,9,11H,4-5H2,1-3H3. The quantitative estimate of drug-likeness (QED) is 0.784. The second kappa shape index (κ2) is 3.61. The molecule has 2 rings (SSSR count). The van der Waals surface area contributed by atoms with Crippen molar-refractivity contribution in [3.05, 3.63) is 11.5 Å². The highest BCUT2D eigenvalue weighted by molar-refractivity contribution is 5.51. The van der Waals surface area contributed by atoms with Gasteiger partial charge in [0.25, 0.3) is 0 Å². The summed E-state index contributed by atoms with van der Waals surface area (Å²) in [6, 6.07) is 0.381. The van der Waals surface area contributed by atoms with E-state index in [-0.39, 0.29) is 6.10 Å². The van der Waals surface area contributed by atoms with Crippen LogP contribution in [0.2, 0.25) is 0 Å². The molecule has 1 saturated heterocycles. The summed E-state index contributed by atoms with van der Waals surface area (Å²) in [7, 11) is 0. The first-order chi connectivity index (χ1) is 6.68. The lowest BCUT2D eigenvalue weighted by Crippen LogP contribution is -2.27. The van der Waals surface area contributed by atoms with Gasteiger partial charge >= 0.3 is 0 Å². The van der Waals surface area contributed by atoms with Gasteiger partial charge in [0.1, 0.15) is 11.4 Å². The topological polar surface area (TPSA) is 47.3 Å². The molecule has 2 heterocycles. The number of aromatic nitrogens is 1. The molecule has 2 unspecified atom stereocenters. The molecule has 0 aliphatic carbocycles. The van der Waals surface area contributed by atoms with E-state index < -0.39 is 0 Å². The van der Waals surface area contributed by atoms with Crippen LogP contribution >= 0.6 is 0 Å². The molecule has 4 heteroatoms. The highest BCUT2D eigenvalue weighted by Gasteiger charge is 2.25. The second-order valence-corrected chi connectivity index (χ2v) is 3.81. The fourth-order valence-electron chi connectivity index (χ4n) is 1.80. The lowest BCUT2D eigenvalue weighted by molar-refractivity contribution is 0.121. The minimum Gasteiger partial charge on any atom is -0.376 e. The number of hydrogen-bond donors (Lipinski definition) is 1. The van der Waals surface area contributed by atoms with E-state index in [0.717, 1.165) is 30.2 Å². The smallest absolute Gasteiger partial charge is 0.157 e. The first-order valence-corrected chi connectivity index (χ1v) is 4.99. The Balaban J connectivity index is 2.10. The average molecular weight is 196 g/mol. The molecule has 1 aromatic rings. The van der Waals surface area contributed by atoms with E-state index in [9.17, 15) is 0 Å². The van der Waals surface area contributed by atoms with Gasteiger partial charge in [0.05, 0.1) is 12.1 Å². The van der Waals surface area contributed by atoms with E-state index in [1.807, 2.05) is 13.8 Å². The van der Waals surface area contributed by atoms with Crippen LogP contribution in [-0.2, 0) is 4.74 Å². The van der Waals surface area contributed by atoms with E-state index in [4.69, 9.17) is 9.26 Å². The molecule has 0 spiro atoms. The van der Waals surface area contributed by atoms with Crippen molar-refractivity contribution in [2.45, 2.75) is 39.3 Å². The van der Waals surface area contributed by atoms with E-state index in [1.165, 1.54) is 0 Å². The van der Waals surface area contributed by atoms with Gasteiger partial charge in [-0.1, -0.05) is 5.16 Å². The second-order valence-electron chi connectivity index (χ2n) is 3.81. The van der Waals surface area contributed by atoms with Crippen LogP contribution in [0.4, 0.5) is 5.69 Å². The fourth-order valence-corrected chi connectivity index (χ4v) is 1.80. The fraction of sp³-hybridized carbons (Fsp3) is 0.700. The van der Waals surface area contributed by atoms with Gasteiger partial charge in [0, 0.05) is 6.61 Å². The molecule has 1 fully saturated rings. The number of nitrogens with one attached hydrogen (secondary N) is 1. The van der Waals surface area contributed by atoms with Crippen molar-refractivity contribution < 1.29 is 9.26 Å². The van der Waals surface area contributed by atoms with E-state index in [2.05, 4.69) is 17.4 Å². The van der Waals surface area contributed by atoms with Crippen LogP contribution in [0.3, 0.4) is 0 Å². The van der Waals surface area contributed by atoms with Crippen molar-refractivity contribution in [1.82, 2.24) is 5.16 Å². The van der Waals surface area contributed by atoms with Crippen LogP contribution in [0.1, 0.15) is 24.8 Å². The van der Waals surface area contributed by atoms with Crippen molar-refractivity contribution in [2.24, 2.45) is 0 Å². The molecule has 1 N–H and O–H groups in total. The number of ether oxygens (including phenoxy) is 1. The predicted octanol–water partition coefficient (Wildman–Crippen LogP) is 1.88. The molecule has 1 aliphatic heterocycles. The van der Waals surface area contributed by atoms with Gasteiger partial charge in [-0.25, -0.2) is 0 Å². The molecule has 0 amide bonds. The van der Waals surface area contributed by atoms with Crippen molar-refractivity contribution in [1.29, 1.82) is 0 Å². The molecule has 1 aliphatic rings. The van der Waals surface area contributed by atoms with Crippen LogP contribution in [0, 0.1) is 13.8 Å². The van der Waals surface area contributed by atoms with E-state index in [1.54, 1.807) is 0 Å². The molecule has 14 heavy (non-hydrogen) atoms. The lowest BCUT2D eigenvalue weighted by atomic mass is 10.1. The summed E-state index contributed by atoms with van der Waals surface area (Å²) in [4.78, 5) is 0. The van der Waals surface area contributed by atoms with E-state index >= 15 is 0 Å². The maximum absolute atomic E-state index is 5.48. The Bertz CT molecular complexity index is 302. The van der Waals surface area contributed by atoms with Crippen LogP contribution in [0.5, 0.6) is 0 Å².